The molecule has 102 valence electrons. The van der Waals surface area contributed by atoms with Gasteiger partial charge in [0.15, 0.2) is 5.78 Å². The predicted molar refractivity (Wildman–Crippen MR) is 75.3 cm³/mol. The van der Waals surface area contributed by atoms with Crippen LogP contribution in [-0.4, -0.2) is 24.8 Å². The molecular formula is C15H20N2O2. The zero-order chi connectivity index (χ0) is 13.9. The Labute approximate surface area is 113 Å². The first-order valence-electron chi connectivity index (χ1n) is 6.64. The van der Waals surface area contributed by atoms with E-state index in [9.17, 15) is 9.59 Å². The molecule has 1 atom stereocenters. The molecule has 2 rings (SSSR count). The number of anilines is 1. The minimum absolute atomic E-state index is 0.00152. The lowest BCUT2D eigenvalue weighted by Crippen LogP contribution is -2.46. The Kier molecular flexibility index (Phi) is 4.00. The van der Waals surface area contributed by atoms with Gasteiger partial charge in [-0.05, 0) is 45.4 Å². The number of carbonyl (C=O) groups excluding carboxylic acids is 2. The summed E-state index contributed by atoms with van der Waals surface area (Å²) in [5.41, 5.74) is 0.930. The molecule has 0 radical (unpaired) electrons. The average Bonchev–Trinajstić information content (AvgIpc) is 2.40. The highest BCUT2D eigenvalue weighted by atomic mass is 16.2. The van der Waals surface area contributed by atoms with Gasteiger partial charge < -0.3 is 10.6 Å². The molecule has 1 saturated heterocycles. The second kappa shape index (κ2) is 5.53. The molecule has 1 aromatic rings. The van der Waals surface area contributed by atoms with Crippen molar-refractivity contribution in [2.75, 3.05) is 18.4 Å². The Morgan fingerprint density at radius 2 is 2.16 bits per heavy atom. The van der Waals surface area contributed by atoms with Crippen molar-refractivity contribution in [3.05, 3.63) is 29.8 Å². The molecule has 1 aromatic carbocycles. The van der Waals surface area contributed by atoms with Crippen molar-refractivity contribution in [1.82, 2.24) is 5.32 Å². The van der Waals surface area contributed by atoms with Crippen molar-refractivity contribution in [2.24, 2.45) is 5.41 Å². The van der Waals surface area contributed by atoms with E-state index in [2.05, 4.69) is 10.6 Å². The van der Waals surface area contributed by atoms with Gasteiger partial charge in [-0.2, -0.15) is 0 Å². The zero-order valence-electron chi connectivity index (χ0n) is 11.5. The van der Waals surface area contributed by atoms with Crippen LogP contribution in [-0.2, 0) is 4.79 Å². The van der Waals surface area contributed by atoms with Crippen molar-refractivity contribution in [1.29, 1.82) is 0 Å². The first-order chi connectivity index (χ1) is 9.01. The van der Waals surface area contributed by atoms with Gasteiger partial charge in [-0.3, -0.25) is 9.59 Å². The van der Waals surface area contributed by atoms with Crippen LogP contribution in [0.15, 0.2) is 24.3 Å². The SMILES string of the molecule is CC(=O)c1cccc(NC(=O)C2(C)CCCNC2)c1. The molecule has 1 aliphatic rings. The van der Waals surface area contributed by atoms with E-state index in [0.717, 1.165) is 19.4 Å². The van der Waals surface area contributed by atoms with Crippen LogP contribution in [0.5, 0.6) is 0 Å². The quantitative estimate of drug-likeness (QED) is 0.819. The van der Waals surface area contributed by atoms with Crippen LogP contribution in [0.3, 0.4) is 0 Å². The molecule has 1 heterocycles. The van der Waals surface area contributed by atoms with Crippen LogP contribution >= 0.6 is 0 Å². The fourth-order valence-corrected chi connectivity index (χ4v) is 2.35. The van der Waals surface area contributed by atoms with Crippen LogP contribution < -0.4 is 10.6 Å². The molecule has 1 fully saturated rings. The Morgan fingerprint density at radius 3 is 2.79 bits per heavy atom. The lowest BCUT2D eigenvalue weighted by Gasteiger charge is -2.32. The summed E-state index contributed by atoms with van der Waals surface area (Å²) in [4.78, 5) is 23.7. The normalized spacial score (nSPS) is 22.8. The van der Waals surface area contributed by atoms with Gasteiger partial charge in [0, 0.05) is 17.8 Å². The molecule has 19 heavy (non-hydrogen) atoms. The van der Waals surface area contributed by atoms with Crippen molar-refractivity contribution >= 4 is 17.4 Å². The van der Waals surface area contributed by atoms with Gasteiger partial charge in [-0.1, -0.05) is 12.1 Å². The number of rotatable bonds is 3. The fourth-order valence-electron chi connectivity index (χ4n) is 2.35. The van der Waals surface area contributed by atoms with Crippen molar-refractivity contribution in [3.8, 4) is 0 Å². The molecule has 0 aromatic heterocycles. The number of hydrogen-bond donors (Lipinski definition) is 2. The maximum atomic E-state index is 12.3. The van der Waals surface area contributed by atoms with Crippen molar-refractivity contribution in [2.45, 2.75) is 26.7 Å². The number of piperidine rings is 1. The lowest BCUT2D eigenvalue weighted by molar-refractivity contribution is -0.125. The number of benzene rings is 1. The molecule has 2 N–H and O–H groups in total. The van der Waals surface area contributed by atoms with Crippen LogP contribution in [0.4, 0.5) is 5.69 Å². The zero-order valence-corrected chi connectivity index (χ0v) is 11.5. The Bertz CT molecular complexity index is 491. The second-order valence-corrected chi connectivity index (χ2v) is 5.43. The van der Waals surface area contributed by atoms with E-state index in [1.807, 2.05) is 13.0 Å². The number of Topliss-reactive ketones (excluding diaryl/α,β-unsaturated/α-hetero) is 1. The average molecular weight is 260 g/mol. The molecule has 1 unspecified atom stereocenters. The molecule has 0 aliphatic carbocycles. The first-order valence-corrected chi connectivity index (χ1v) is 6.64. The van der Waals surface area contributed by atoms with E-state index in [-0.39, 0.29) is 17.1 Å². The first kappa shape index (κ1) is 13.7. The van der Waals surface area contributed by atoms with Gasteiger partial charge in [-0.25, -0.2) is 0 Å². The summed E-state index contributed by atoms with van der Waals surface area (Å²) in [6, 6.07) is 7.07. The topological polar surface area (TPSA) is 58.2 Å². The third kappa shape index (κ3) is 3.20. The molecule has 0 bridgehead atoms. The Hall–Kier alpha value is -1.68. The van der Waals surface area contributed by atoms with E-state index in [0.29, 0.717) is 17.8 Å². The summed E-state index contributed by atoms with van der Waals surface area (Å²) < 4.78 is 0. The highest BCUT2D eigenvalue weighted by molar-refractivity contribution is 5.98. The summed E-state index contributed by atoms with van der Waals surface area (Å²) in [6.45, 7) is 5.17. The second-order valence-electron chi connectivity index (χ2n) is 5.43. The monoisotopic (exact) mass is 260 g/mol. The van der Waals surface area contributed by atoms with Gasteiger partial charge in [0.25, 0.3) is 0 Å². The maximum Gasteiger partial charge on any atom is 0.231 e. The van der Waals surface area contributed by atoms with Gasteiger partial charge in [0.1, 0.15) is 0 Å². The molecule has 1 amide bonds. The minimum atomic E-state index is -0.371. The summed E-state index contributed by atoms with van der Waals surface area (Å²) in [7, 11) is 0. The summed E-state index contributed by atoms with van der Waals surface area (Å²) in [6.07, 6.45) is 1.90. The molecular weight excluding hydrogens is 240 g/mol. The minimum Gasteiger partial charge on any atom is -0.326 e. The van der Waals surface area contributed by atoms with E-state index in [1.54, 1.807) is 18.2 Å². The Morgan fingerprint density at radius 1 is 1.37 bits per heavy atom. The summed E-state index contributed by atoms with van der Waals surface area (Å²) in [5.74, 6) is 0.0158. The van der Waals surface area contributed by atoms with E-state index in [1.165, 1.54) is 6.92 Å². The van der Waals surface area contributed by atoms with Crippen LogP contribution in [0.1, 0.15) is 37.0 Å². The number of nitrogens with one attached hydrogen (secondary N) is 2. The number of hydrogen-bond acceptors (Lipinski definition) is 3. The number of ketones is 1. The fraction of sp³-hybridized carbons (Fsp3) is 0.467. The van der Waals surface area contributed by atoms with Crippen LogP contribution in [0.25, 0.3) is 0 Å². The number of amides is 1. The van der Waals surface area contributed by atoms with Gasteiger partial charge in [-0.15, -0.1) is 0 Å². The molecule has 1 aliphatic heterocycles. The molecule has 0 saturated carbocycles. The summed E-state index contributed by atoms with van der Waals surface area (Å²) in [5, 5.41) is 6.17. The summed E-state index contributed by atoms with van der Waals surface area (Å²) >= 11 is 0. The van der Waals surface area contributed by atoms with Gasteiger partial charge >= 0.3 is 0 Å². The van der Waals surface area contributed by atoms with Crippen molar-refractivity contribution in [3.63, 3.8) is 0 Å². The standard InChI is InChI=1S/C15H20N2O2/c1-11(18)12-5-3-6-13(9-12)17-14(19)15(2)7-4-8-16-10-15/h3,5-6,9,16H,4,7-8,10H2,1-2H3,(H,17,19). The smallest absolute Gasteiger partial charge is 0.231 e. The third-order valence-electron chi connectivity index (χ3n) is 3.67. The molecule has 4 heteroatoms. The van der Waals surface area contributed by atoms with Crippen LogP contribution in [0, 0.1) is 5.41 Å². The van der Waals surface area contributed by atoms with Gasteiger partial charge in [0.05, 0.1) is 5.41 Å². The van der Waals surface area contributed by atoms with E-state index < -0.39 is 0 Å². The van der Waals surface area contributed by atoms with E-state index >= 15 is 0 Å². The number of carbonyl (C=O) groups is 2. The highest BCUT2D eigenvalue weighted by Crippen LogP contribution is 2.27. The highest BCUT2D eigenvalue weighted by Gasteiger charge is 2.34. The molecule has 4 nitrogen and oxygen atoms in total. The maximum absolute atomic E-state index is 12.3. The predicted octanol–water partition coefficient (Wildman–Crippen LogP) is 2.22. The molecule has 0 spiro atoms. The largest absolute Gasteiger partial charge is 0.326 e. The van der Waals surface area contributed by atoms with Crippen LogP contribution in [0.2, 0.25) is 0 Å². The lowest BCUT2D eigenvalue weighted by atomic mass is 9.82. The van der Waals surface area contributed by atoms with E-state index in [4.69, 9.17) is 0 Å². The van der Waals surface area contributed by atoms with Crippen molar-refractivity contribution < 1.29 is 9.59 Å². The van der Waals surface area contributed by atoms with Gasteiger partial charge in [0.2, 0.25) is 5.91 Å². The Balaban J connectivity index is 2.10. The third-order valence-corrected chi connectivity index (χ3v) is 3.67.